The third-order valence-corrected chi connectivity index (χ3v) is 4.17. The van der Waals surface area contributed by atoms with E-state index in [4.69, 9.17) is 4.52 Å². The van der Waals surface area contributed by atoms with Crippen LogP contribution in [0.3, 0.4) is 0 Å². The van der Waals surface area contributed by atoms with E-state index < -0.39 is 0 Å². The number of hydrogen-bond acceptors (Lipinski definition) is 4. The molecule has 0 aliphatic heterocycles. The van der Waals surface area contributed by atoms with Gasteiger partial charge in [0.25, 0.3) is 0 Å². The highest BCUT2D eigenvalue weighted by molar-refractivity contribution is 5.76. The molecule has 0 aliphatic rings. The summed E-state index contributed by atoms with van der Waals surface area (Å²) >= 11 is 0. The fourth-order valence-corrected chi connectivity index (χ4v) is 2.69. The Morgan fingerprint density at radius 2 is 1.88 bits per heavy atom. The van der Waals surface area contributed by atoms with Crippen LogP contribution < -0.4 is 5.32 Å². The molecule has 0 aliphatic carbocycles. The fourth-order valence-electron chi connectivity index (χ4n) is 2.69. The van der Waals surface area contributed by atoms with Crippen molar-refractivity contribution in [1.82, 2.24) is 15.5 Å². The molecule has 1 aromatic carbocycles. The molecule has 6 heteroatoms. The van der Waals surface area contributed by atoms with Gasteiger partial charge in [-0.15, -0.1) is 0 Å². The molecule has 2 aromatic rings. The Morgan fingerprint density at radius 1 is 1.23 bits per heavy atom. The molecule has 0 spiro atoms. The zero-order valence-electron chi connectivity index (χ0n) is 16.2. The molecule has 1 unspecified atom stereocenters. The van der Waals surface area contributed by atoms with E-state index in [-0.39, 0.29) is 29.1 Å². The molecular weight excluding hydrogens is 333 g/mol. The molecule has 0 saturated heterocycles. The first kappa shape index (κ1) is 20.1. The Morgan fingerprint density at radius 3 is 2.42 bits per heavy atom. The molecule has 1 amide bonds. The lowest BCUT2D eigenvalue weighted by Crippen LogP contribution is -2.36. The first-order valence-electron chi connectivity index (χ1n) is 9.04. The molecule has 0 saturated carbocycles. The van der Waals surface area contributed by atoms with E-state index in [1.165, 1.54) is 12.1 Å². The second-order valence-corrected chi connectivity index (χ2v) is 7.97. The highest BCUT2D eigenvalue weighted by atomic mass is 19.1. The molecule has 1 N–H and O–H groups in total. The maximum Gasteiger partial charge on any atom is 0.226 e. The van der Waals surface area contributed by atoms with E-state index in [2.05, 4.69) is 15.5 Å². The van der Waals surface area contributed by atoms with Crippen LogP contribution in [0.2, 0.25) is 0 Å². The van der Waals surface area contributed by atoms with E-state index in [0.717, 1.165) is 5.56 Å². The van der Waals surface area contributed by atoms with Crippen molar-refractivity contribution in [3.8, 4) is 0 Å². The van der Waals surface area contributed by atoms with Crippen molar-refractivity contribution in [3.05, 3.63) is 47.4 Å². The van der Waals surface area contributed by atoms with Gasteiger partial charge in [0.15, 0.2) is 5.82 Å². The summed E-state index contributed by atoms with van der Waals surface area (Å²) in [6.45, 7) is 10.2. The Hall–Kier alpha value is -2.24. The van der Waals surface area contributed by atoms with E-state index in [1.54, 1.807) is 12.1 Å². The summed E-state index contributed by atoms with van der Waals surface area (Å²) in [5, 5.41) is 7.00. The lowest BCUT2D eigenvalue weighted by Gasteiger charge is -2.32. The van der Waals surface area contributed by atoms with Crippen LogP contribution in [0.4, 0.5) is 4.39 Å². The van der Waals surface area contributed by atoms with Gasteiger partial charge in [0, 0.05) is 18.8 Å². The maximum atomic E-state index is 13.2. The smallest absolute Gasteiger partial charge is 0.226 e. The zero-order chi connectivity index (χ0) is 19.3. The molecule has 0 bridgehead atoms. The van der Waals surface area contributed by atoms with Gasteiger partial charge in [0.05, 0.1) is 6.04 Å². The first-order valence-corrected chi connectivity index (χ1v) is 9.04. The number of amides is 1. The summed E-state index contributed by atoms with van der Waals surface area (Å²) < 4.78 is 18.4. The number of hydrogen-bond donors (Lipinski definition) is 1. The zero-order valence-corrected chi connectivity index (χ0v) is 16.2. The molecular formula is C20H28FN3O2. The van der Waals surface area contributed by atoms with Crippen molar-refractivity contribution in [1.29, 1.82) is 0 Å². The molecule has 2 rings (SSSR count). The first-order chi connectivity index (χ1) is 12.2. The van der Waals surface area contributed by atoms with Crippen molar-refractivity contribution >= 4 is 5.91 Å². The lowest BCUT2D eigenvalue weighted by atomic mass is 9.82. The molecule has 1 atom stereocenters. The number of nitrogens with zero attached hydrogens (tertiary/aromatic N) is 2. The summed E-state index contributed by atoms with van der Waals surface area (Å²) in [5.74, 6) is 1.14. The molecule has 1 heterocycles. The highest BCUT2D eigenvalue weighted by Crippen LogP contribution is 2.32. The number of benzene rings is 1. The van der Waals surface area contributed by atoms with Gasteiger partial charge in [-0.2, -0.15) is 4.98 Å². The van der Waals surface area contributed by atoms with E-state index in [9.17, 15) is 9.18 Å². The minimum Gasteiger partial charge on any atom is -0.349 e. The third kappa shape index (κ3) is 5.64. The number of nitrogens with one attached hydrogen (secondary N) is 1. The second-order valence-electron chi connectivity index (χ2n) is 7.97. The van der Waals surface area contributed by atoms with Gasteiger partial charge in [-0.05, 0) is 29.5 Å². The van der Waals surface area contributed by atoms with Gasteiger partial charge in [0.1, 0.15) is 5.82 Å². The van der Waals surface area contributed by atoms with Gasteiger partial charge < -0.3 is 9.84 Å². The van der Waals surface area contributed by atoms with Crippen molar-refractivity contribution in [2.75, 3.05) is 0 Å². The van der Waals surface area contributed by atoms with Gasteiger partial charge in [0.2, 0.25) is 11.8 Å². The monoisotopic (exact) mass is 361 g/mol. The summed E-state index contributed by atoms with van der Waals surface area (Å²) in [6.07, 6.45) is 1.57. The van der Waals surface area contributed by atoms with Crippen LogP contribution >= 0.6 is 0 Å². The van der Waals surface area contributed by atoms with Crippen LogP contribution in [0, 0.1) is 11.2 Å². The van der Waals surface area contributed by atoms with Crippen molar-refractivity contribution in [3.63, 3.8) is 0 Å². The van der Waals surface area contributed by atoms with Gasteiger partial charge in [-0.25, -0.2) is 4.39 Å². The number of halogens is 1. The third-order valence-electron chi connectivity index (χ3n) is 4.17. The Bertz CT molecular complexity index is 717. The number of carbonyl (C=O) groups is 1. The molecule has 0 fully saturated rings. The topological polar surface area (TPSA) is 68.0 Å². The van der Waals surface area contributed by atoms with Crippen LogP contribution in [0.15, 0.2) is 28.8 Å². The summed E-state index contributed by atoms with van der Waals surface area (Å²) in [7, 11) is 0. The second kappa shape index (κ2) is 8.43. The predicted molar refractivity (Wildman–Crippen MR) is 98.1 cm³/mol. The largest absolute Gasteiger partial charge is 0.349 e. The minimum atomic E-state index is -0.284. The standard InChI is InChI=1S/C20H28FN3O2/c1-13(2)19-23-17(26-24-19)8-6-7-16(25)22-18(20(3,4)5)14-9-11-15(21)12-10-14/h9-13,18H,6-8H2,1-5H3,(H,22,25). The van der Waals surface area contributed by atoms with E-state index >= 15 is 0 Å². The maximum absolute atomic E-state index is 13.2. The number of carbonyl (C=O) groups excluding carboxylic acids is 1. The van der Waals surface area contributed by atoms with Gasteiger partial charge >= 0.3 is 0 Å². The normalized spacial score (nSPS) is 13.0. The molecule has 26 heavy (non-hydrogen) atoms. The molecule has 0 radical (unpaired) electrons. The Balaban J connectivity index is 1.91. The summed E-state index contributed by atoms with van der Waals surface area (Å²) in [5.41, 5.74) is 0.706. The Kier molecular flexibility index (Phi) is 6.51. The quantitative estimate of drug-likeness (QED) is 0.785. The predicted octanol–water partition coefficient (Wildman–Crippen LogP) is 4.56. The number of aromatic nitrogens is 2. The number of aryl methyl sites for hydroxylation is 1. The summed E-state index contributed by atoms with van der Waals surface area (Å²) in [6, 6.07) is 6.09. The average Bonchev–Trinajstić information content (AvgIpc) is 3.02. The lowest BCUT2D eigenvalue weighted by molar-refractivity contribution is -0.122. The van der Waals surface area contributed by atoms with Gasteiger partial charge in [-0.3, -0.25) is 4.79 Å². The van der Waals surface area contributed by atoms with Crippen LogP contribution in [-0.2, 0) is 11.2 Å². The van der Waals surface area contributed by atoms with Crippen LogP contribution in [0.5, 0.6) is 0 Å². The minimum absolute atomic E-state index is 0.0437. The molecule has 1 aromatic heterocycles. The van der Waals surface area contributed by atoms with E-state index in [0.29, 0.717) is 31.0 Å². The average molecular weight is 361 g/mol. The van der Waals surface area contributed by atoms with Gasteiger partial charge in [-0.1, -0.05) is 51.9 Å². The SMILES string of the molecule is CC(C)c1noc(CCCC(=O)NC(c2ccc(F)cc2)C(C)(C)C)n1. The Labute approximate surface area is 154 Å². The van der Waals surface area contributed by atoms with Crippen LogP contribution in [0.1, 0.15) is 76.7 Å². The van der Waals surface area contributed by atoms with Crippen molar-refractivity contribution in [2.45, 2.75) is 65.8 Å². The van der Waals surface area contributed by atoms with E-state index in [1.807, 2.05) is 34.6 Å². The summed E-state index contributed by atoms with van der Waals surface area (Å²) in [4.78, 5) is 16.7. The molecule has 142 valence electrons. The number of rotatable bonds is 7. The van der Waals surface area contributed by atoms with Crippen LogP contribution in [0.25, 0.3) is 0 Å². The van der Waals surface area contributed by atoms with Crippen molar-refractivity contribution in [2.24, 2.45) is 5.41 Å². The highest BCUT2D eigenvalue weighted by Gasteiger charge is 2.27. The van der Waals surface area contributed by atoms with Crippen LogP contribution in [-0.4, -0.2) is 16.0 Å². The molecule has 5 nitrogen and oxygen atoms in total. The van der Waals surface area contributed by atoms with Crippen molar-refractivity contribution < 1.29 is 13.7 Å². The fraction of sp³-hybridized carbons (Fsp3) is 0.550.